The number of rotatable bonds is 4. The zero-order valence-corrected chi connectivity index (χ0v) is 15.9. The molecule has 1 aromatic heterocycles. The molecule has 3 aromatic rings. The highest BCUT2D eigenvalue weighted by atomic mass is 35.5. The summed E-state index contributed by atoms with van der Waals surface area (Å²) in [5.74, 6) is -0.947. The normalized spacial score (nSPS) is 11.3. The molecule has 26 heavy (non-hydrogen) atoms. The molecule has 0 unspecified atom stereocenters. The molecule has 134 valence electrons. The third-order valence-corrected chi connectivity index (χ3v) is 5.59. The molecule has 0 aliphatic rings. The number of halogens is 3. The number of aromatic nitrogens is 2. The third-order valence-electron chi connectivity index (χ3n) is 3.38. The van der Waals surface area contributed by atoms with Crippen molar-refractivity contribution in [3.63, 3.8) is 0 Å². The van der Waals surface area contributed by atoms with E-state index in [-0.39, 0.29) is 15.7 Å². The maximum atomic E-state index is 12.3. The van der Waals surface area contributed by atoms with E-state index in [4.69, 9.17) is 34.8 Å². The summed E-state index contributed by atoms with van der Waals surface area (Å²) in [5.41, 5.74) is 0.394. The van der Waals surface area contributed by atoms with Crippen LogP contribution in [0.3, 0.4) is 0 Å². The van der Waals surface area contributed by atoms with E-state index in [0.29, 0.717) is 15.7 Å². The molecule has 6 nitrogen and oxygen atoms in total. The number of hydrogen-bond donors (Lipinski definition) is 1. The molecular weight excluding hydrogens is 421 g/mol. The Kier molecular flexibility index (Phi) is 5.24. The molecule has 0 saturated heterocycles. The third kappa shape index (κ3) is 3.86. The van der Waals surface area contributed by atoms with Crippen LogP contribution in [0.1, 0.15) is 10.5 Å². The van der Waals surface area contributed by atoms with Gasteiger partial charge in [0.1, 0.15) is 11.5 Å². The van der Waals surface area contributed by atoms with Gasteiger partial charge < -0.3 is 0 Å². The van der Waals surface area contributed by atoms with Crippen molar-refractivity contribution < 1.29 is 13.2 Å². The van der Waals surface area contributed by atoms with Crippen LogP contribution in [-0.2, 0) is 10.0 Å². The van der Waals surface area contributed by atoms with E-state index in [1.165, 1.54) is 35.2 Å². The van der Waals surface area contributed by atoms with E-state index >= 15 is 0 Å². The van der Waals surface area contributed by atoms with Crippen molar-refractivity contribution in [3.8, 4) is 5.69 Å². The molecule has 0 atom stereocenters. The number of hydrogen-bond acceptors (Lipinski definition) is 4. The second-order valence-electron chi connectivity index (χ2n) is 5.12. The topological polar surface area (TPSA) is 81.1 Å². The Morgan fingerprint density at radius 1 is 0.923 bits per heavy atom. The van der Waals surface area contributed by atoms with Gasteiger partial charge >= 0.3 is 0 Å². The van der Waals surface area contributed by atoms with Crippen molar-refractivity contribution in [3.05, 3.63) is 75.8 Å². The van der Waals surface area contributed by atoms with Crippen molar-refractivity contribution in [1.82, 2.24) is 14.3 Å². The van der Waals surface area contributed by atoms with Crippen molar-refractivity contribution >= 4 is 50.7 Å². The first-order valence-corrected chi connectivity index (χ1v) is 9.71. The van der Waals surface area contributed by atoms with Crippen molar-refractivity contribution in [2.24, 2.45) is 0 Å². The first kappa shape index (κ1) is 18.7. The minimum Gasteiger partial charge on any atom is -0.289 e. The average Bonchev–Trinajstić information content (AvgIpc) is 2.97. The smallest absolute Gasteiger partial charge is 0.286 e. The number of imidazole rings is 1. The molecule has 1 N–H and O–H groups in total. The van der Waals surface area contributed by atoms with Gasteiger partial charge in [0, 0.05) is 15.7 Å². The first-order valence-electron chi connectivity index (χ1n) is 7.09. The van der Waals surface area contributed by atoms with E-state index in [2.05, 4.69) is 4.98 Å². The van der Waals surface area contributed by atoms with Crippen LogP contribution in [-0.4, -0.2) is 23.9 Å². The monoisotopic (exact) mass is 429 g/mol. The van der Waals surface area contributed by atoms with E-state index < -0.39 is 15.9 Å². The number of sulfonamides is 1. The summed E-state index contributed by atoms with van der Waals surface area (Å²) in [6.07, 6.45) is 1.31. The largest absolute Gasteiger partial charge is 0.289 e. The number of benzene rings is 2. The maximum Gasteiger partial charge on any atom is 0.286 e. The van der Waals surface area contributed by atoms with Gasteiger partial charge in [-0.05, 0) is 48.5 Å². The lowest BCUT2D eigenvalue weighted by Crippen LogP contribution is -2.31. The quantitative estimate of drug-likeness (QED) is 0.679. The summed E-state index contributed by atoms with van der Waals surface area (Å²) in [6.45, 7) is 0. The van der Waals surface area contributed by atoms with Gasteiger partial charge in [0.2, 0.25) is 0 Å². The minimum absolute atomic E-state index is 0.0314. The van der Waals surface area contributed by atoms with E-state index in [1.807, 2.05) is 4.72 Å². The van der Waals surface area contributed by atoms with Gasteiger partial charge in [0.05, 0.1) is 4.90 Å². The molecule has 0 radical (unpaired) electrons. The van der Waals surface area contributed by atoms with E-state index in [9.17, 15) is 13.2 Å². The lowest BCUT2D eigenvalue weighted by Gasteiger charge is -2.07. The minimum atomic E-state index is -4.09. The molecule has 1 heterocycles. The van der Waals surface area contributed by atoms with E-state index in [1.54, 1.807) is 24.3 Å². The Morgan fingerprint density at radius 2 is 1.46 bits per heavy atom. The second kappa shape index (κ2) is 7.28. The summed E-state index contributed by atoms with van der Waals surface area (Å²) < 4.78 is 27.9. The number of nitrogens with one attached hydrogen (secondary N) is 1. The van der Waals surface area contributed by atoms with Gasteiger partial charge in [-0.15, -0.1) is 0 Å². The van der Waals surface area contributed by atoms with Gasteiger partial charge in [-0.2, -0.15) is 0 Å². The molecule has 2 aromatic carbocycles. The molecule has 0 spiro atoms. The summed E-state index contributed by atoms with van der Waals surface area (Å²) >= 11 is 17.8. The molecule has 0 aliphatic carbocycles. The fourth-order valence-electron chi connectivity index (χ4n) is 2.11. The van der Waals surface area contributed by atoms with Crippen molar-refractivity contribution in [2.75, 3.05) is 0 Å². The summed E-state index contributed by atoms with van der Waals surface area (Å²) in [5, 5.41) is 0.883. The molecule has 3 rings (SSSR count). The summed E-state index contributed by atoms with van der Waals surface area (Å²) in [6, 6.07) is 12.0. The fraction of sp³-hybridized carbons (Fsp3) is 0. The highest BCUT2D eigenvalue weighted by molar-refractivity contribution is 7.90. The van der Waals surface area contributed by atoms with Crippen LogP contribution < -0.4 is 4.72 Å². The van der Waals surface area contributed by atoms with Crippen LogP contribution in [0.15, 0.2) is 59.8 Å². The SMILES string of the molecule is O=C(NS(=O)(=O)c1ccc(Cl)cc1)c1ncn(-c2ccc(Cl)cc2)c1Cl. The Hall–Kier alpha value is -2.06. The Labute approximate surface area is 164 Å². The zero-order chi connectivity index (χ0) is 18.9. The van der Waals surface area contributed by atoms with Crippen LogP contribution >= 0.6 is 34.8 Å². The van der Waals surface area contributed by atoms with Gasteiger partial charge in [0.15, 0.2) is 5.69 Å². The maximum absolute atomic E-state index is 12.3. The van der Waals surface area contributed by atoms with Crippen LogP contribution in [0.5, 0.6) is 0 Å². The van der Waals surface area contributed by atoms with Gasteiger partial charge in [-0.1, -0.05) is 34.8 Å². The second-order valence-corrected chi connectivity index (χ2v) is 8.03. The van der Waals surface area contributed by atoms with Gasteiger partial charge in [-0.3, -0.25) is 9.36 Å². The molecule has 0 fully saturated rings. The first-order chi connectivity index (χ1) is 12.3. The molecular formula is C16H10Cl3N3O3S. The molecule has 0 bridgehead atoms. The molecule has 1 amide bonds. The Morgan fingerprint density at radius 3 is 2.04 bits per heavy atom. The molecule has 10 heteroatoms. The standard InChI is InChI=1S/C16H10Cl3N3O3S/c17-10-1-5-12(6-2-10)22-9-20-14(15(22)19)16(23)21-26(24,25)13-7-3-11(18)4-8-13/h1-9H,(H,21,23). The van der Waals surface area contributed by atoms with E-state index in [0.717, 1.165) is 0 Å². The van der Waals surface area contributed by atoms with Crippen LogP contribution in [0.2, 0.25) is 15.2 Å². The predicted octanol–water partition coefficient (Wildman–Crippen LogP) is 3.95. The van der Waals surface area contributed by atoms with Gasteiger partial charge in [0.25, 0.3) is 15.9 Å². The lowest BCUT2D eigenvalue weighted by molar-refractivity contribution is 0.0977. The molecule has 0 aliphatic heterocycles. The number of carbonyl (C=O) groups is 1. The average molecular weight is 431 g/mol. The number of amides is 1. The van der Waals surface area contributed by atoms with Gasteiger partial charge in [-0.25, -0.2) is 18.1 Å². The predicted molar refractivity (Wildman–Crippen MR) is 99.7 cm³/mol. The molecule has 0 saturated carbocycles. The zero-order valence-electron chi connectivity index (χ0n) is 12.9. The van der Waals surface area contributed by atoms with Crippen LogP contribution in [0.25, 0.3) is 5.69 Å². The highest BCUT2D eigenvalue weighted by Crippen LogP contribution is 2.22. The Bertz CT molecular complexity index is 1060. The number of carbonyl (C=O) groups excluding carboxylic acids is 1. The summed E-state index contributed by atoms with van der Waals surface area (Å²) in [4.78, 5) is 16.1. The van der Waals surface area contributed by atoms with Crippen molar-refractivity contribution in [2.45, 2.75) is 4.90 Å². The van der Waals surface area contributed by atoms with Crippen LogP contribution in [0, 0.1) is 0 Å². The Balaban J connectivity index is 1.87. The van der Waals surface area contributed by atoms with Crippen LogP contribution in [0.4, 0.5) is 0 Å². The lowest BCUT2D eigenvalue weighted by atomic mass is 10.3. The van der Waals surface area contributed by atoms with Crippen molar-refractivity contribution in [1.29, 1.82) is 0 Å². The number of nitrogens with zero attached hydrogens (tertiary/aromatic N) is 2. The summed E-state index contributed by atoms with van der Waals surface area (Å²) in [7, 11) is -4.09. The highest BCUT2D eigenvalue weighted by Gasteiger charge is 2.23. The fourth-order valence-corrected chi connectivity index (χ4v) is 3.59.